The number of carbonyl (C=O) groups excluding carboxylic acids is 1. The van der Waals surface area contributed by atoms with Crippen molar-refractivity contribution in [2.75, 3.05) is 0 Å². The largest absolute Gasteiger partial charge is 0.300 e. The third-order valence-electron chi connectivity index (χ3n) is 4.58. The van der Waals surface area contributed by atoms with Gasteiger partial charge in [0, 0.05) is 12.8 Å². The lowest BCUT2D eigenvalue weighted by Gasteiger charge is -2.22. The van der Waals surface area contributed by atoms with Crippen molar-refractivity contribution < 1.29 is 4.79 Å². The van der Waals surface area contributed by atoms with Crippen LogP contribution in [0, 0.1) is 17.8 Å². The number of Topliss-reactive ketones (excluding diaryl/α,β-unsaturated/α-hetero) is 1. The van der Waals surface area contributed by atoms with Crippen molar-refractivity contribution in [3.05, 3.63) is 0 Å². The van der Waals surface area contributed by atoms with E-state index in [-0.39, 0.29) is 0 Å². The minimum absolute atomic E-state index is 0.492. The van der Waals surface area contributed by atoms with E-state index in [0.717, 1.165) is 43.4 Å². The number of carbonyl (C=O) groups is 1. The van der Waals surface area contributed by atoms with Crippen molar-refractivity contribution in [1.29, 1.82) is 0 Å². The Morgan fingerprint density at radius 3 is 2.24 bits per heavy atom. The maximum Gasteiger partial charge on any atom is 0.132 e. The highest BCUT2D eigenvalue weighted by Crippen LogP contribution is 2.28. The summed E-state index contributed by atoms with van der Waals surface area (Å²) in [4.78, 5) is 11.2. The Balaban J connectivity index is 2.07. The Bertz CT molecular complexity index is 212. The maximum absolute atomic E-state index is 11.2. The molecule has 0 aromatic carbocycles. The lowest BCUT2D eigenvalue weighted by Crippen LogP contribution is -2.14. The zero-order chi connectivity index (χ0) is 12.7. The van der Waals surface area contributed by atoms with Crippen LogP contribution >= 0.6 is 0 Å². The van der Waals surface area contributed by atoms with Crippen LogP contribution in [0.2, 0.25) is 0 Å². The van der Waals surface area contributed by atoms with Crippen molar-refractivity contribution in [2.45, 2.75) is 78.6 Å². The Kier molecular flexibility index (Phi) is 6.84. The molecule has 100 valence electrons. The SMILES string of the molecule is CCC(C)CCC(C)CCC1CCC(=O)CC1. The molecule has 1 aliphatic carbocycles. The van der Waals surface area contributed by atoms with Crippen molar-refractivity contribution in [3.63, 3.8) is 0 Å². The third-order valence-corrected chi connectivity index (χ3v) is 4.58. The number of hydrogen-bond acceptors (Lipinski definition) is 1. The molecule has 1 rings (SSSR count). The monoisotopic (exact) mass is 238 g/mol. The second-order valence-corrected chi connectivity index (χ2v) is 6.26. The molecule has 1 fully saturated rings. The summed E-state index contributed by atoms with van der Waals surface area (Å²) in [6.45, 7) is 7.05. The summed E-state index contributed by atoms with van der Waals surface area (Å²) >= 11 is 0. The topological polar surface area (TPSA) is 17.1 Å². The Morgan fingerprint density at radius 1 is 1.06 bits per heavy atom. The molecule has 0 bridgehead atoms. The summed E-state index contributed by atoms with van der Waals surface area (Å²) in [7, 11) is 0. The maximum atomic E-state index is 11.2. The van der Waals surface area contributed by atoms with E-state index < -0.39 is 0 Å². The van der Waals surface area contributed by atoms with E-state index in [9.17, 15) is 4.79 Å². The minimum atomic E-state index is 0.492. The molecule has 0 aromatic heterocycles. The fraction of sp³-hybridized carbons (Fsp3) is 0.938. The van der Waals surface area contributed by atoms with Gasteiger partial charge in [-0.1, -0.05) is 52.9 Å². The van der Waals surface area contributed by atoms with Gasteiger partial charge in [-0.05, 0) is 30.6 Å². The Hall–Kier alpha value is -0.330. The van der Waals surface area contributed by atoms with Gasteiger partial charge in [0.15, 0.2) is 0 Å². The van der Waals surface area contributed by atoms with E-state index in [0.29, 0.717) is 5.78 Å². The average molecular weight is 238 g/mol. The summed E-state index contributed by atoms with van der Waals surface area (Å²) in [5, 5.41) is 0. The molecule has 1 saturated carbocycles. The van der Waals surface area contributed by atoms with Crippen LogP contribution in [0.4, 0.5) is 0 Å². The third kappa shape index (κ3) is 6.24. The Morgan fingerprint density at radius 2 is 1.65 bits per heavy atom. The molecular formula is C16H30O. The molecular weight excluding hydrogens is 208 g/mol. The summed E-state index contributed by atoms with van der Waals surface area (Å²) in [6.07, 6.45) is 10.9. The number of ketones is 1. The van der Waals surface area contributed by atoms with E-state index >= 15 is 0 Å². The van der Waals surface area contributed by atoms with Crippen molar-refractivity contribution in [2.24, 2.45) is 17.8 Å². The predicted octanol–water partition coefficient (Wildman–Crippen LogP) is 4.99. The molecule has 0 saturated heterocycles. The highest BCUT2D eigenvalue weighted by atomic mass is 16.1. The number of hydrogen-bond donors (Lipinski definition) is 0. The molecule has 0 N–H and O–H groups in total. The zero-order valence-corrected chi connectivity index (χ0v) is 12.0. The van der Waals surface area contributed by atoms with E-state index in [1.54, 1.807) is 0 Å². The zero-order valence-electron chi connectivity index (χ0n) is 12.0. The highest BCUT2D eigenvalue weighted by Gasteiger charge is 2.19. The standard InChI is InChI=1S/C16H30O/c1-4-13(2)5-6-14(3)7-8-15-9-11-16(17)12-10-15/h13-15H,4-12H2,1-3H3. The fourth-order valence-electron chi connectivity index (χ4n) is 2.73. The molecule has 1 aliphatic rings. The smallest absolute Gasteiger partial charge is 0.132 e. The van der Waals surface area contributed by atoms with Crippen molar-refractivity contribution in [1.82, 2.24) is 0 Å². The van der Waals surface area contributed by atoms with E-state index in [1.165, 1.54) is 32.1 Å². The van der Waals surface area contributed by atoms with E-state index in [2.05, 4.69) is 20.8 Å². The first kappa shape index (κ1) is 14.7. The highest BCUT2D eigenvalue weighted by molar-refractivity contribution is 5.78. The quantitative estimate of drug-likeness (QED) is 0.611. The molecule has 2 unspecified atom stereocenters. The van der Waals surface area contributed by atoms with Gasteiger partial charge in [0.25, 0.3) is 0 Å². The van der Waals surface area contributed by atoms with Gasteiger partial charge in [0.1, 0.15) is 5.78 Å². The van der Waals surface area contributed by atoms with Crippen molar-refractivity contribution in [3.8, 4) is 0 Å². The summed E-state index contributed by atoms with van der Waals surface area (Å²) < 4.78 is 0. The van der Waals surface area contributed by atoms with Gasteiger partial charge in [0.2, 0.25) is 0 Å². The molecule has 0 radical (unpaired) electrons. The van der Waals surface area contributed by atoms with Crippen LogP contribution in [0.5, 0.6) is 0 Å². The van der Waals surface area contributed by atoms with Crippen LogP contribution in [0.15, 0.2) is 0 Å². The van der Waals surface area contributed by atoms with Crippen LogP contribution in [0.25, 0.3) is 0 Å². The second kappa shape index (κ2) is 7.89. The van der Waals surface area contributed by atoms with Crippen LogP contribution < -0.4 is 0 Å². The average Bonchev–Trinajstić information content (AvgIpc) is 2.35. The van der Waals surface area contributed by atoms with E-state index in [1.807, 2.05) is 0 Å². The lowest BCUT2D eigenvalue weighted by molar-refractivity contribution is -0.121. The molecule has 17 heavy (non-hydrogen) atoms. The minimum Gasteiger partial charge on any atom is -0.300 e. The summed E-state index contributed by atoms with van der Waals surface area (Å²) in [5.74, 6) is 3.11. The molecule has 0 spiro atoms. The molecule has 2 atom stereocenters. The van der Waals surface area contributed by atoms with Crippen LogP contribution in [-0.2, 0) is 4.79 Å². The fourth-order valence-corrected chi connectivity index (χ4v) is 2.73. The second-order valence-electron chi connectivity index (χ2n) is 6.26. The first-order valence-electron chi connectivity index (χ1n) is 7.63. The first-order valence-corrected chi connectivity index (χ1v) is 7.63. The molecule has 1 nitrogen and oxygen atoms in total. The van der Waals surface area contributed by atoms with Crippen LogP contribution in [0.1, 0.15) is 78.6 Å². The van der Waals surface area contributed by atoms with Gasteiger partial charge < -0.3 is 0 Å². The van der Waals surface area contributed by atoms with Crippen LogP contribution in [-0.4, -0.2) is 5.78 Å². The van der Waals surface area contributed by atoms with E-state index in [4.69, 9.17) is 0 Å². The Labute approximate surface area is 107 Å². The van der Waals surface area contributed by atoms with Crippen LogP contribution in [0.3, 0.4) is 0 Å². The van der Waals surface area contributed by atoms with Gasteiger partial charge >= 0.3 is 0 Å². The molecule has 0 heterocycles. The lowest BCUT2D eigenvalue weighted by atomic mass is 9.83. The van der Waals surface area contributed by atoms with Gasteiger partial charge in [-0.25, -0.2) is 0 Å². The van der Waals surface area contributed by atoms with Crippen molar-refractivity contribution >= 4 is 5.78 Å². The number of rotatable bonds is 7. The van der Waals surface area contributed by atoms with Gasteiger partial charge in [-0.15, -0.1) is 0 Å². The first-order chi connectivity index (χ1) is 8.11. The summed E-state index contributed by atoms with van der Waals surface area (Å²) in [5.41, 5.74) is 0. The summed E-state index contributed by atoms with van der Waals surface area (Å²) in [6, 6.07) is 0. The molecule has 1 heteroatoms. The molecule has 0 aliphatic heterocycles. The van der Waals surface area contributed by atoms with Gasteiger partial charge in [-0.2, -0.15) is 0 Å². The van der Waals surface area contributed by atoms with Gasteiger partial charge in [-0.3, -0.25) is 4.79 Å². The normalized spacial score (nSPS) is 21.5. The molecule has 0 amide bonds. The molecule has 0 aromatic rings. The predicted molar refractivity (Wildman–Crippen MR) is 74.1 cm³/mol. The van der Waals surface area contributed by atoms with Gasteiger partial charge in [0.05, 0.1) is 0 Å².